The van der Waals surface area contributed by atoms with E-state index in [0.29, 0.717) is 12.1 Å². The summed E-state index contributed by atoms with van der Waals surface area (Å²) in [5.41, 5.74) is 0. The first kappa shape index (κ1) is 11.9. The Morgan fingerprint density at radius 1 is 1.44 bits per heavy atom. The second-order valence-electron chi connectivity index (χ2n) is 5.67. The van der Waals surface area contributed by atoms with E-state index in [-0.39, 0.29) is 5.92 Å². The molecule has 3 atom stereocenters. The molecule has 3 heteroatoms. The van der Waals surface area contributed by atoms with Crippen LogP contribution < -0.4 is 0 Å². The minimum Gasteiger partial charge on any atom is -0.481 e. The van der Waals surface area contributed by atoms with E-state index in [1.165, 1.54) is 19.3 Å². The van der Waals surface area contributed by atoms with Crippen LogP contribution in [0.3, 0.4) is 0 Å². The Morgan fingerprint density at radius 2 is 2.12 bits per heavy atom. The fourth-order valence-electron chi connectivity index (χ4n) is 3.04. The monoisotopic (exact) mass is 225 g/mol. The van der Waals surface area contributed by atoms with Crippen molar-refractivity contribution < 1.29 is 9.90 Å². The molecule has 16 heavy (non-hydrogen) atoms. The molecule has 1 aliphatic carbocycles. The molecule has 1 saturated heterocycles. The van der Waals surface area contributed by atoms with Crippen molar-refractivity contribution in [2.75, 3.05) is 6.54 Å². The predicted molar refractivity (Wildman–Crippen MR) is 63.3 cm³/mol. The molecular formula is C13H23NO2. The topological polar surface area (TPSA) is 40.5 Å². The summed E-state index contributed by atoms with van der Waals surface area (Å²) >= 11 is 0. The fraction of sp³-hybridized carbons (Fsp3) is 0.923. The molecule has 2 aliphatic rings. The number of rotatable bonds is 4. The van der Waals surface area contributed by atoms with Crippen molar-refractivity contribution in [3.63, 3.8) is 0 Å². The Bertz CT molecular complexity index is 263. The highest BCUT2D eigenvalue weighted by molar-refractivity contribution is 5.70. The number of likely N-dealkylation sites (tertiary alicyclic amines) is 1. The number of nitrogens with zero attached hydrogens (tertiary/aromatic N) is 1. The van der Waals surface area contributed by atoms with Crippen LogP contribution in [0.15, 0.2) is 0 Å². The number of hydrogen-bond acceptors (Lipinski definition) is 2. The van der Waals surface area contributed by atoms with E-state index in [1.807, 2.05) is 0 Å². The molecule has 0 bridgehead atoms. The highest BCUT2D eigenvalue weighted by Crippen LogP contribution is 2.36. The molecule has 3 nitrogen and oxygen atoms in total. The minimum absolute atomic E-state index is 0.112. The summed E-state index contributed by atoms with van der Waals surface area (Å²) in [5.74, 6) is 0.236. The maximum Gasteiger partial charge on any atom is 0.306 e. The SMILES string of the molecule is CC(CC1CC1)N1CCC(C(=O)O)CC1C. The maximum absolute atomic E-state index is 10.9. The second-order valence-corrected chi connectivity index (χ2v) is 5.67. The van der Waals surface area contributed by atoms with Gasteiger partial charge in [-0.25, -0.2) is 0 Å². The standard InChI is InChI=1S/C13H23NO2/c1-9(7-11-3-4-11)14-6-5-12(13(15)16)8-10(14)2/h9-12H,3-8H2,1-2H3,(H,15,16). The van der Waals surface area contributed by atoms with Crippen molar-refractivity contribution >= 4 is 5.97 Å². The molecule has 0 aromatic carbocycles. The molecule has 0 amide bonds. The van der Waals surface area contributed by atoms with Gasteiger partial charge in [0.15, 0.2) is 0 Å². The van der Waals surface area contributed by atoms with E-state index in [4.69, 9.17) is 5.11 Å². The molecule has 1 aliphatic heterocycles. The van der Waals surface area contributed by atoms with Crippen LogP contribution in [0.4, 0.5) is 0 Å². The molecule has 0 radical (unpaired) electrons. The quantitative estimate of drug-likeness (QED) is 0.798. The summed E-state index contributed by atoms with van der Waals surface area (Å²) in [6.07, 6.45) is 5.77. The lowest BCUT2D eigenvalue weighted by atomic mass is 9.90. The number of carbonyl (C=O) groups is 1. The zero-order valence-electron chi connectivity index (χ0n) is 10.4. The van der Waals surface area contributed by atoms with Gasteiger partial charge < -0.3 is 5.11 Å². The largest absolute Gasteiger partial charge is 0.481 e. The normalized spacial score (nSPS) is 33.6. The molecule has 92 valence electrons. The fourth-order valence-corrected chi connectivity index (χ4v) is 3.04. The van der Waals surface area contributed by atoms with Gasteiger partial charge in [-0.2, -0.15) is 0 Å². The Labute approximate surface area is 97.8 Å². The van der Waals surface area contributed by atoms with Crippen LogP contribution in [-0.4, -0.2) is 34.6 Å². The third-order valence-electron chi connectivity index (χ3n) is 4.21. The number of hydrogen-bond donors (Lipinski definition) is 1. The second kappa shape index (κ2) is 4.74. The van der Waals surface area contributed by atoms with Crippen LogP contribution in [0.25, 0.3) is 0 Å². The summed E-state index contributed by atoms with van der Waals surface area (Å²) in [7, 11) is 0. The predicted octanol–water partition coefficient (Wildman–Crippen LogP) is 2.36. The van der Waals surface area contributed by atoms with Crippen LogP contribution >= 0.6 is 0 Å². The molecule has 1 N–H and O–H groups in total. The molecular weight excluding hydrogens is 202 g/mol. The van der Waals surface area contributed by atoms with Crippen molar-refractivity contribution in [3.05, 3.63) is 0 Å². The first-order chi connectivity index (χ1) is 7.58. The van der Waals surface area contributed by atoms with Crippen LogP contribution in [0, 0.1) is 11.8 Å². The van der Waals surface area contributed by atoms with Gasteiger partial charge in [-0.15, -0.1) is 0 Å². The van der Waals surface area contributed by atoms with E-state index in [1.54, 1.807) is 0 Å². The Balaban J connectivity index is 1.84. The van der Waals surface area contributed by atoms with Gasteiger partial charge in [0.05, 0.1) is 5.92 Å². The van der Waals surface area contributed by atoms with Crippen LogP contribution in [0.1, 0.15) is 46.0 Å². The Kier molecular flexibility index (Phi) is 3.53. The number of carboxylic acid groups (broad SMARTS) is 1. The molecule has 0 spiro atoms. The van der Waals surface area contributed by atoms with Crippen LogP contribution in [0.5, 0.6) is 0 Å². The van der Waals surface area contributed by atoms with E-state index in [9.17, 15) is 4.79 Å². The van der Waals surface area contributed by atoms with E-state index < -0.39 is 5.97 Å². The maximum atomic E-state index is 10.9. The van der Waals surface area contributed by atoms with Crippen molar-refractivity contribution in [2.24, 2.45) is 11.8 Å². The van der Waals surface area contributed by atoms with Crippen molar-refractivity contribution in [1.82, 2.24) is 4.90 Å². The Morgan fingerprint density at radius 3 is 2.62 bits per heavy atom. The molecule has 1 saturated carbocycles. The van der Waals surface area contributed by atoms with Crippen LogP contribution in [-0.2, 0) is 4.79 Å². The molecule has 0 aromatic rings. The summed E-state index contributed by atoms with van der Waals surface area (Å²) in [4.78, 5) is 13.5. The first-order valence-corrected chi connectivity index (χ1v) is 6.56. The van der Waals surface area contributed by atoms with E-state index in [0.717, 1.165) is 25.3 Å². The van der Waals surface area contributed by atoms with Gasteiger partial charge in [-0.1, -0.05) is 12.8 Å². The highest BCUT2D eigenvalue weighted by Gasteiger charge is 2.34. The first-order valence-electron chi connectivity index (χ1n) is 6.56. The third kappa shape index (κ3) is 2.76. The van der Waals surface area contributed by atoms with Gasteiger partial charge in [0, 0.05) is 12.1 Å². The lowest BCUT2D eigenvalue weighted by Gasteiger charge is -2.40. The third-order valence-corrected chi connectivity index (χ3v) is 4.21. The summed E-state index contributed by atoms with van der Waals surface area (Å²) in [6, 6.07) is 1.07. The molecule has 0 aromatic heterocycles. The van der Waals surface area contributed by atoms with Gasteiger partial charge in [0.25, 0.3) is 0 Å². The van der Waals surface area contributed by atoms with Crippen molar-refractivity contribution in [1.29, 1.82) is 0 Å². The Hall–Kier alpha value is -0.570. The minimum atomic E-state index is -0.610. The zero-order valence-corrected chi connectivity index (χ0v) is 10.4. The lowest BCUT2D eigenvalue weighted by Crippen LogP contribution is -2.47. The number of piperidine rings is 1. The van der Waals surface area contributed by atoms with Crippen molar-refractivity contribution in [3.8, 4) is 0 Å². The molecule has 2 rings (SSSR count). The van der Waals surface area contributed by atoms with Crippen molar-refractivity contribution in [2.45, 2.75) is 58.0 Å². The van der Waals surface area contributed by atoms with Gasteiger partial charge in [-0.3, -0.25) is 9.69 Å². The van der Waals surface area contributed by atoms with E-state index in [2.05, 4.69) is 18.7 Å². The number of carboxylic acids is 1. The van der Waals surface area contributed by atoms with Crippen LogP contribution in [0.2, 0.25) is 0 Å². The van der Waals surface area contributed by atoms with Gasteiger partial charge in [0.1, 0.15) is 0 Å². The summed E-state index contributed by atoms with van der Waals surface area (Å²) < 4.78 is 0. The van der Waals surface area contributed by atoms with E-state index >= 15 is 0 Å². The number of aliphatic carboxylic acids is 1. The highest BCUT2D eigenvalue weighted by atomic mass is 16.4. The average molecular weight is 225 g/mol. The van der Waals surface area contributed by atoms with Gasteiger partial charge in [0.2, 0.25) is 0 Å². The smallest absolute Gasteiger partial charge is 0.306 e. The van der Waals surface area contributed by atoms with Gasteiger partial charge >= 0.3 is 5.97 Å². The zero-order chi connectivity index (χ0) is 11.7. The molecule has 2 fully saturated rings. The molecule has 3 unspecified atom stereocenters. The lowest BCUT2D eigenvalue weighted by molar-refractivity contribution is -0.144. The average Bonchev–Trinajstić information content (AvgIpc) is 3.01. The summed E-state index contributed by atoms with van der Waals surface area (Å²) in [5, 5.41) is 9.02. The molecule has 1 heterocycles. The van der Waals surface area contributed by atoms with Gasteiger partial charge in [-0.05, 0) is 45.6 Å². The summed E-state index contributed by atoms with van der Waals surface area (Å²) in [6.45, 7) is 5.44.